The van der Waals surface area contributed by atoms with Crippen molar-refractivity contribution in [2.75, 3.05) is 13.1 Å². The molecule has 0 bridgehead atoms. The fraction of sp³-hybridized carbons (Fsp3) is 0.500. The summed E-state index contributed by atoms with van der Waals surface area (Å²) in [5.41, 5.74) is 0.316. The minimum atomic E-state index is -0.557. The normalized spacial score (nSPS) is 12.4. The van der Waals surface area contributed by atoms with Crippen LogP contribution in [0.5, 0.6) is 0 Å². The van der Waals surface area contributed by atoms with Gasteiger partial charge < -0.3 is 15.0 Å². The second-order valence-electron chi connectivity index (χ2n) is 5.91. The molecule has 122 valence electrons. The third-order valence-corrected chi connectivity index (χ3v) is 3.23. The number of hydrogen-bond donors (Lipinski definition) is 1. The number of carbonyl (C=O) groups excluding carboxylic acids is 2. The van der Waals surface area contributed by atoms with Crippen molar-refractivity contribution in [1.82, 2.24) is 10.2 Å². The summed E-state index contributed by atoms with van der Waals surface area (Å²) >= 11 is 5.88. The van der Waals surface area contributed by atoms with Crippen molar-refractivity contribution in [2.45, 2.75) is 39.3 Å². The molecule has 1 N–H and O–H groups in total. The summed E-state index contributed by atoms with van der Waals surface area (Å²) in [6.45, 7) is 8.13. The summed E-state index contributed by atoms with van der Waals surface area (Å²) in [6, 6.07) is 6.83. The number of likely N-dealkylation sites (N-methyl/N-ethyl adjacent to an activating group) is 1. The highest BCUT2D eigenvalue weighted by Crippen LogP contribution is 2.19. The summed E-state index contributed by atoms with van der Waals surface area (Å²) in [7, 11) is 0. The van der Waals surface area contributed by atoms with Gasteiger partial charge in [-0.15, -0.1) is 0 Å². The number of rotatable bonds is 6. The number of nitrogens with zero attached hydrogens (tertiary/aromatic N) is 1. The van der Waals surface area contributed by atoms with E-state index < -0.39 is 11.7 Å². The summed E-state index contributed by atoms with van der Waals surface area (Å²) in [6.07, 6.45) is 0.226. The number of hydrogen-bond acceptors (Lipinski definition) is 3. The Balaban J connectivity index is 2.85. The van der Waals surface area contributed by atoms with E-state index in [2.05, 4.69) is 5.32 Å². The molecule has 22 heavy (non-hydrogen) atoms. The third-order valence-electron chi connectivity index (χ3n) is 2.98. The minimum absolute atomic E-state index is 0.317. The molecule has 1 unspecified atom stereocenters. The highest BCUT2D eigenvalue weighted by atomic mass is 35.5. The zero-order chi connectivity index (χ0) is 16.8. The number of benzene rings is 1. The number of carbonyl (C=O) groups is 2. The smallest absolute Gasteiger partial charge is 0.410 e. The third kappa shape index (κ3) is 5.93. The maximum Gasteiger partial charge on any atom is 0.410 e. The van der Waals surface area contributed by atoms with Crippen LogP contribution in [0.3, 0.4) is 0 Å². The maximum absolute atomic E-state index is 12.2. The predicted octanol–water partition coefficient (Wildman–Crippen LogP) is 3.38. The monoisotopic (exact) mass is 326 g/mol. The molecule has 1 rings (SSSR count). The molecular formula is C16H23ClN2O3. The first kappa shape index (κ1) is 18.3. The fourth-order valence-corrected chi connectivity index (χ4v) is 2.04. The van der Waals surface area contributed by atoms with E-state index in [9.17, 15) is 9.59 Å². The van der Waals surface area contributed by atoms with E-state index in [0.717, 1.165) is 5.56 Å². The predicted molar refractivity (Wildman–Crippen MR) is 86.9 cm³/mol. The molecule has 5 nitrogen and oxygen atoms in total. The van der Waals surface area contributed by atoms with Crippen LogP contribution in [0.15, 0.2) is 24.3 Å². The Morgan fingerprint density at radius 2 is 1.95 bits per heavy atom. The van der Waals surface area contributed by atoms with Gasteiger partial charge in [0.25, 0.3) is 0 Å². The van der Waals surface area contributed by atoms with Crippen LogP contribution in [-0.2, 0) is 9.53 Å². The zero-order valence-electron chi connectivity index (χ0n) is 13.4. The standard InChI is InChI=1S/C16H23ClN2O3/c1-5-19(15(21)22-16(2,3)4)10-14(18-11-20)12-6-8-13(17)9-7-12/h6-9,11,14H,5,10H2,1-4H3,(H,18,20). The Kier molecular flexibility index (Phi) is 6.68. The number of halogens is 1. The van der Waals surface area contributed by atoms with Crippen LogP contribution >= 0.6 is 11.6 Å². The molecule has 0 fully saturated rings. The van der Waals surface area contributed by atoms with Gasteiger partial charge in [-0.3, -0.25) is 4.79 Å². The molecule has 0 heterocycles. The van der Waals surface area contributed by atoms with E-state index in [0.29, 0.717) is 24.5 Å². The van der Waals surface area contributed by atoms with Crippen molar-refractivity contribution in [3.05, 3.63) is 34.9 Å². The fourth-order valence-electron chi connectivity index (χ4n) is 1.91. The second-order valence-corrected chi connectivity index (χ2v) is 6.34. The highest BCUT2D eigenvalue weighted by Gasteiger charge is 2.24. The van der Waals surface area contributed by atoms with Gasteiger partial charge in [-0.05, 0) is 45.4 Å². The first-order chi connectivity index (χ1) is 10.3. The molecule has 1 aromatic rings. The van der Waals surface area contributed by atoms with Crippen molar-refractivity contribution in [3.63, 3.8) is 0 Å². The van der Waals surface area contributed by atoms with Crippen LogP contribution in [0.25, 0.3) is 0 Å². The first-order valence-electron chi connectivity index (χ1n) is 7.20. The lowest BCUT2D eigenvalue weighted by Gasteiger charge is -2.29. The summed E-state index contributed by atoms with van der Waals surface area (Å²) in [4.78, 5) is 24.6. The van der Waals surface area contributed by atoms with Gasteiger partial charge in [-0.2, -0.15) is 0 Å². The van der Waals surface area contributed by atoms with Crippen molar-refractivity contribution in [3.8, 4) is 0 Å². The number of ether oxygens (including phenoxy) is 1. The highest BCUT2D eigenvalue weighted by molar-refractivity contribution is 6.30. The molecule has 0 spiro atoms. The Labute approximate surface area is 136 Å². The summed E-state index contributed by atoms with van der Waals surface area (Å²) in [5.74, 6) is 0. The molecule has 0 saturated heterocycles. The van der Waals surface area contributed by atoms with E-state index in [-0.39, 0.29) is 6.04 Å². The summed E-state index contributed by atoms with van der Waals surface area (Å²) < 4.78 is 5.37. The van der Waals surface area contributed by atoms with Crippen LogP contribution in [0, 0.1) is 0 Å². The first-order valence-corrected chi connectivity index (χ1v) is 7.57. The quantitative estimate of drug-likeness (QED) is 0.815. The van der Waals surface area contributed by atoms with Crippen LogP contribution in [-0.4, -0.2) is 36.1 Å². The minimum Gasteiger partial charge on any atom is -0.444 e. The Hall–Kier alpha value is -1.75. The van der Waals surface area contributed by atoms with E-state index in [1.54, 1.807) is 17.0 Å². The maximum atomic E-state index is 12.2. The van der Waals surface area contributed by atoms with Gasteiger partial charge in [0.15, 0.2) is 0 Å². The largest absolute Gasteiger partial charge is 0.444 e. The van der Waals surface area contributed by atoms with Gasteiger partial charge >= 0.3 is 6.09 Å². The number of nitrogens with one attached hydrogen (secondary N) is 1. The van der Waals surface area contributed by atoms with Crippen molar-refractivity contribution < 1.29 is 14.3 Å². The van der Waals surface area contributed by atoms with Gasteiger partial charge in [-0.1, -0.05) is 23.7 Å². The molecular weight excluding hydrogens is 304 g/mol. The molecule has 0 aliphatic heterocycles. The van der Waals surface area contributed by atoms with E-state index in [1.807, 2.05) is 39.8 Å². The van der Waals surface area contributed by atoms with Gasteiger partial charge in [0.1, 0.15) is 5.60 Å². The molecule has 0 aliphatic carbocycles. The molecule has 2 amide bonds. The average molecular weight is 327 g/mol. The van der Waals surface area contributed by atoms with Crippen molar-refractivity contribution >= 4 is 24.1 Å². The van der Waals surface area contributed by atoms with E-state index in [4.69, 9.17) is 16.3 Å². The molecule has 0 aromatic heterocycles. The summed E-state index contributed by atoms with van der Waals surface area (Å²) in [5, 5.41) is 3.35. The second kappa shape index (κ2) is 8.03. The molecule has 1 aromatic carbocycles. The molecule has 0 aliphatic rings. The van der Waals surface area contributed by atoms with E-state index in [1.165, 1.54) is 0 Å². The molecule has 0 radical (unpaired) electrons. The van der Waals surface area contributed by atoms with E-state index >= 15 is 0 Å². The zero-order valence-corrected chi connectivity index (χ0v) is 14.2. The van der Waals surface area contributed by atoms with Crippen LogP contribution in [0.2, 0.25) is 5.02 Å². The number of amides is 2. The molecule has 6 heteroatoms. The van der Waals surface area contributed by atoms with Gasteiger partial charge in [0.2, 0.25) is 6.41 Å². The van der Waals surface area contributed by atoms with Crippen molar-refractivity contribution in [1.29, 1.82) is 0 Å². The topological polar surface area (TPSA) is 58.6 Å². The van der Waals surface area contributed by atoms with Crippen LogP contribution < -0.4 is 5.32 Å². The SMILES string of the molecule is CCN(CC(NC=O)c1ccc(Cl)cc1)C(=O)OC(C)(C)C. The van der Waals surface area contributed by atoms with Gasteiger partial charge in [0, 0.05) is 18.1 Å². The molecule has 0 saturated carbocycles. The lowest BCUT2D eigenvalue weighted by Crippen LogP contribution is -2.41. The lowest BCUT2D eigenvalue weighted by atomic mass is 10.1. The van der Waals surface area contributed by atoms with Gasteiger partial charge in [0.05, 0.1) is 6.04 Å². The average Bonchev–Trinajstić information content (AvgIpc) is 2.42. The Morgan fingerprint density at radius 1 is 1.36 bits per heavy atom. The van der Waals surface area contributed by atoms with Crippen molar-refractivity contribution in [2.24, 2.45) is 0 Å². The molecule has 1 atom stereocenters. The van der Waals surface area contributed by atoms with Crippen LogP contribution in [0.4, 0.5) is 4.79 Å². The van der Waals surface area contributed by atoms with Gasteiger partial charge in [-0.25, -0.2) is 4.79 Å². The lowest BCUT2D eigenvalue weighted by molar-refractivity contribution is -0.110. The Bertz CT molecular complexity index is 497. The van der Waals surface area contributed by atoms with Crippen LogP contribution in [0.1, 0.15) is 39.3 Å². The Morgan fingerprint density at radius 3 is 2.41 bits per heavy atom.